The van der Waals surface area contributed by atoms with Gasteiger partial charge in [0.2, 0.25) is 0 Å². The van der Waals surface area contributed by atoms with E-state index in [-0.39, 0.29) is 6.61 Å². The topological polar surface area (TPSA) is 52.0 Å². The molecule has 0 aromatic carbocycles. The number of nitrogens with zero attached hydrogens (tertiary/aromatic N) is 3. The van der Waals surface area contributed by atoms with Crippen LogP contribution in [0.4, 0.5) is 8.78 Å². The Bertz CT molecular complexity index is 293. The zero-order valence-electron chi connectivity index (χ0n) is 9.20. The van der Waals surface area contributed by atoms with Crippen LogP contribution in [0.1, 0.15) is 12.6 Å². The van der Waals surface area contributed by atoms with E-state index in [1.807, 2.05) is 6.92 Å². The lowest BCUT2D eigenvalue weighted by Crippen LogP contribution is -2.12. The average Bonchev–Trinajstić information content (AvgIpc) is 2.69. The van der Waals surface area contributed by atoms with Crippen LogP contribution in [-0.4, -0.2) is 41.2 Å². The molecule has 7 heteroatoms. The first-order chi connectivity index (χ1) is 7.72. The van der Waals surface area contributed by atoms with Crippen molar-refractivity contribution >= 4 is 0 Å². The number of rotatable bonds is 8. The van der Waals surface area contributed by atoms with Crippen LogP contribution in [0.15, 0.2) is 6.20 Å². The molecule has 1 aromatic rings. The Morgan fingerprint density at radius 2 is 2.38 bits per heavy atom. The van der Waals surface area contributed by atoms with Crippen LogP contribution in [0, 0.1) is 0 Å². The van der Waals surface area contributed by atoms with Gasteiger partial charge in [0.25, 0.3) is 6.43 Å². The van der Waals surface area contributed by atoms with E-state index in [4.69, 9.17) is 4.74 Å². The molecule has 0 spiro atoms. The lowest BCUT2D eigenvalue weighted by molar-refractivity contribution is 0.0139. The van der Waals surface area contributed by atoms with Crippen molar-refractivity contribution in [2.45, 2.75) is 26.4 Å². The highest BCUT2D eigenvalue weighted by Crippen LogP contribution is 1.95. The molecule has 1 N–H and O–H groups in total. The number of hydrogen-bond acceptors (Lipinski definition) is 4. The number of hydrogen-bond donors (Lipinski definition) is 1. The van der Waals surface area contributed by atoms with Crippen LogP contribution >= 0.6 is 0 Å². The van der Waals surface area contributed by atoms with Gasteiger partial charge in [-0.1, -0.05) is 12.1 Å². The maximum absolute atomic E-state index is 11.7. The Hall–Kier alpha value is -1.08. The molecule has 1 heterocycles. The quantitative estimate of drug-likeness (QED) is 0.672. The summed E-state index contributed by atoms with van der Waals surface area (Å²) in [6.45, 7) is 3.65. The Kier molecular flexibility index (Phi) is 5.87. The van der Waals surface area contributed by atoms with Crippen molar-refractivity contribution in [2.24, 2.45) is 0 Å². The first-order valence-electron chi connectivity index (χ1n) is 5.18. The van der Waals surface area contributed by atoms with Crippen LogP contribution in [0.25, 0.3) is 0 Å². The van der Waals surface area contributed by atoms with Crippen molar-refractivity contribution in [1.82, 2.24) is 20.3 Å². The third-order valence-electron chi connectivity index (χ3n) is 1.85. The number of ether oxygens (including phenoxy) is 1. The maximum Gasteiger partial charge on any atom is 0.261 e. The minimum absolute atomic E-state index is 0.217. The normalized spacial score (nSPS) is 11.2. The standard InChI is InChI=1S/C9H16F2N4O/c1-2-12-5-8-6-15(14-13-8)3-4-16-7-9(10)11/h6,9,12H,2-5,7H2,1H3. The Morgan fingerprint density at radius 3 is 3.06 bits per heavy atom. The summed E-state index contributed by atoms with van der Waals surface area (Å²) in [5.41, 5.74) is 0.829. The zero-order valence-corrected chi connectivity index (χ0v) is 9.20. The van der Waals surface area contributed by atoms with E-state index in [0.29, 0.717) is 13.1 Å². The largest absolute Gasteiger partial charge is 0.374 e. The molecule has 0 atom stereocenters. The molecule has 0 saturated heterocycles. The molecule has 5 nitrogen and oxygen atoms in total. The van der Waals surface area contributed by atoms with Gasteiger partial charge in [-0.05, 0) is 6.54 Å². The van der Waals surface area contributed by atoms with Gasteiger partial charge in [0.1, 0.15) is 6.61 Å². The van der Waals surface area contributed by atoms with E-state index >= 15 is 0 Å². The van der Waals surface area contributed by atoms with E-state index < -0.39 is 13.0 Å². The van der Waals surface area contributed by atoms with Crippen LogP contribution in [0.2, 0.25) is 0 Å². The Labute approximate surface area is 92.8 Å². The molecule has 0 bridgehead atoms. The average molecular weight is 234 g/mol. The molecular formula is C9H16F2N4O. The maximum atomic E-state index is 11.7. The molecule has 16 heavy (non-hydrogen) atoms. The molecule has 0 aliphatic heterocycles. The second-order valence-electron chi connectivity index (χ2n) is 3.22. The monoisotopic (exact) mass is 234 g/mol. The van der Waals surface area contributed by atoms with Gasteiger partial charge in [0.15, 0.2) is 0 Å². The third-order valence-corrected chi connectivity index (χ3v) is 1.85. The van der Waals surface area contributed by atoms with E-state index in [0.717, 1.165) is 12.2 Å². The van der Waals surface area contributed by atoms with Crippen LogP contribution in [0.3, 0.4) is 0 Å². The van der Waals surface area contributed by atoms with Crippen LogP contribution in [0.5, 0.6) is 0 Å². The molecule has 0 saturated carbocycles. The van der Waals surface area contributed by atoms with Gasteiger partial charge in [-0.25, -0.2) is 13.5 Å². The molecule has 0 unspecified atom stereocenters. The highest BCUT2D eigenvalue weighted by molar-refractivity contribution is 4.91. The summed E-state index contributed by atoms with van der Waals surface area (Å²) in [6.07, 6.45) is -0.644. The van der Waals surface area contributed by atoms with Crippen molar-refractivity contribution < 1.29 is 13.5 Å². The molecule has 92 valence electrons. The summed E-state index contributed by atoms with van der Waals surface area (Å²) < 4.78 is 29.8. The summed E-state index contributed by atoms with van der Waals surface area (Å²) in [5, 5.41) is 10.9. The van der Waals surface area contributed by atoms with Crippen molar-refractivity contribution in [3.63, 3.8) is 0 Å². The minimum Gasteiger partial charge on any atom is -0.374 e. The summed E-state index contributed by atoms with van der Waals surface area (Å²) >= 11 is 0. The summed E-state index contributed by atoms with van der Waals surface area (Å²) in [7, 11) is 0. The fourth-order valence-electron chi connectivity index (χ4n) is 1.11. The minimum atomic E-state index is -2.42. The van der Waals surface area contributed by atoms with Gasteiger partial charge in [0, 0.05) is 12.7 Å². The summed E-state index contributed by atoms with van der Waals surface area (Å²) in [5.74, 6) is 0. The van der Waals surface area contributed by atoms with E-state index in [9.17, 15) is 8.78 Å². The lowest BCUT2D eigenvalue weighted by Gasteiger charge is -2.02. The molecule has 0 aliphatic rings. The number of halogens is 2. The lowest BCUT2D eigenvalue weighted by atomic mass is 10.4. The van der Waals surface area contributed by atoms with Crippen molar-refractivity contribution in [1.29, 1.82) is 0 Å². The van der Waals surface area contributed by atoms with E-state index in [1.54, 1.807) is 10.9 Å². The fraction of sp³-hybridized carbons (Fsp3) is 0.778. The van der Waals surface area contributed by atoms with Crippen LogP contribution < -0.4 is 5.32 Å². The Balaban J connectivity index is 2.19. The fourth-order valence-corrected chi connectivity index (χ4v) is 1.11. The van der Waals surface area contributed by atoms with Gasteiger partial charge < -0.3 is 10.1 Å². The highest BCUT2D eigenvalue weighted by atomic mass is 19.3. The summed E-state index contributed by atoms with van der Waals surface area (Å²) in [4.78, 5) is 0. The second-order valence-corrected chi connectivity index (χ2v) is 3.22. The molecule has 0 amide bonds. The van der Waals surface area contributed by atoms with Gasteiger partial charge in [-0.3, -0.25) is 0 Å². The molecule has 1 rings (SSSR count). The number of nitrogens with one attached hydrogen (secondary N) is 1. The van der Waals surface area contributed by atoms with Gasteiger partial charge in [-0.15, -0.1) is 5.10 Å². The van der Waals surface area contributed by atoms with Gasteiger partial charge in [0.05, 0.1) is 18.8 Å². The predicted octanol–water partition coefficient (Wildman–Crippen LogP) is 0.669. The van der Waals surface area contributed by atoms with Crippen LogP contribution in [-0.2, 0) is 17.8 Å². The summed E-state index contributed by atoms with van der Waals surface area (Å²) in [6, 6.07) is 0. The van der Waals surface area contributed by atoms with Gasteiger partial charge >= 0.3 is 0 Å². The van der Waals surface area contributed by atoms with Crippen molar-refractivity contribution in [3.8, 4) is 0 Å². The first-order valence-corrected chi connectivity index (χ1v) is 5.18. The molecule has 0 radical (unpaired) electrons. The number of aromatic nitrogens is 3. The van der Waals surface area contributed by atoms with Crippen molar-refractivity contribution in [2.75, 3.05) is 19.8 Å². The molecule has 0 fully saturated rings. The zero-order chi connectivity index (χ0) is 11.8. The molecule has 1 aromatic heterocycles. The number of alkyl halides is 2. The SMILES string of the molecule is CCNCc1cn(CCOCC(F)F)nn1. The molecular weight excluding hydrogens is 218 g/mol. The third kappa shape index (κ3) is 5.13. The second kappa shape index (κ2) is 7.24. The van der Waals surface area contributed by atoms with Crippen molar-refractivity contribution in [3.05, 3.63) is 11.9 Å². The Morgan fingerprint density at radius 1 is 1.56 bits per heavy atom. The van der Waals surface area contributed by atoms with Gasteiger partial charge in [-0.2, -0.15) is 0 Å². The molecule has 0 aliphatic carbocycles. The predicted molar refractivity (Wildman–Crippen MR) is 54.2 cm³/mol. The van der Waals surface area contributed by atoms with E-state index in [2.05, 4.69) is 15.6 Å². The first kappa shape index (κ1) is 13.0. The smallest absolute Gasteiger partial charge is 0.261 e. The highest BCUT2D eigenvalue weighted by Gasteiger charge is 2.03. The van der Waals surface area contributed by atoms with E-state index in [1.165, 1.54) is 0 Å².